The molecule has 0 spiro atoms. The molecule has 2 N–H and O–H groups in total. The first-order valence-corrected chi connectivity index (χ1v) is 8.98. The lowest BCUT2D eigenvalue weighted by molar-refractivity contribution is -0.384. The van der Waals surface area contributed by atoms with Gasteiger partial charge in [-0.25, -0.2) is 4.98 Å². The van der Waals surface area contributed by atoms with Crippen molar-refractivity contribution in [3.8, 4) is 51.5 Å². The highest BCUT2D eigenvalue weighted by atomic mass is 16.7. The first-order chi connectivity index (χ1) is 15.0. The molecule has 0 radical (unpaired) electrons. The Morgan fingerprint density at radius 2 is 1.84 bits per heavy atom. The van der Waals surface area contributed by atoms with Crippen molar-refractivity contribution >= 4 is 11.5 Å². The molecular weight excluding hydrogens is 404 g/mol. The zero-order valence-corrected chi connectivity index (χ0v) is 16.5. The van der Waals surface area contributed by atoms with Gasteiger partial charge in [-0.15, -0.1) is 0 Å². The van der Waals surface area contributed by atoms with E-state index in [1.165, 1.54) is 26.4 Å². The largest absolute Gasteiger partial charge is 0.497 e. The van der Waals surface area contributed by atoms with E-state index in [1.54, 1.807) is 24.3 Å². The standard InChI is InChI=1S/C21H16N4O6/c1-28-11-3-4-18(29-2)14(5-11)16-6-12(15(9-22)21(23)24-16)13-7-19-20(31-10-30-19)8-17(13)25(26)27/h3-8H,10H2,1-2H3,(H2,23,24). The van der Waals surface area contributed by atoms with Crippen molar-refractivity contribution in [2.75, 3.05) is 26.7 Å². The Labute approximate surface area is 176 Å². The third kappa shape index (κ3) is 3.38. The van der Waals surface area contributed by atoms with Crippen LogP contribution in [0.25, 0.3) is 22.4 Å². The zero-order chi connectivity index (χ0) is 22.1. The summed E-state index contributed by atoms with van der Waals surface area (Å²) in [6.07, 6.45) is 0. The number of aromatic nitrogens is 1. The summed E-state index contributed by atoms with van der Waals surface area (Å²) in [5, 5.41) is 21.4. The van der Waals surface area contributed by atoms with Gasteiger partial charge in [0, 0.05) is 11.1 Å². The van der Waals surface area contributed by atoms with Crippen molar-refractivity contribution in [2.24, 2.45) is 0 Å². The summed E-state index contributed by atoms with van der Waals surface area (Å²) < 4.78 is 21.3. The lowest BCUT2D eigenvalue weighted by Crippen LogP contribution is -2.02. The van der Waals surface area contributed by atoms with Crippen LogP contribution in [0.15, 0.2) is 36.4 Å². The van der Waals surface area contributed by atoms with E-state index in [0.717, 1.165) is 0 Å². The van der Waals surface area contributed by atoms with Gasteiger partial charge in [0.05, 0.1) is 36.5 Å². The number of rotatable bonds is 5. The molecule has 0 fully saturated rings. The number of methoxy groups -OCH3 is 2. The zero-order valence-electron chi connectivity index (χ0n) is 16.5. The molecule has 4 rings (SSSR count). The second-order valence-corrected chi connectivity index (χ2v) is 6.47. The average Bonchev–Trinajstić information content (AvgIpc) is 3.24. The monoisotopic (exact) mass is 420 g/mol. The summed E-state index contributed by atoms with van der Waals surface area (Å²) in [4.78, 5) is 15.5. The highest BCUT2D eigenvalue weighted by Gasteiger charge is 2.27. The highest BCUT2D eigenvalue weighted by Crippen LogP contribution is 2.45. The minimum Gasteiger partial charge on any atom is -0.497 e. The normalized spacial score (nSPS) is 11.6. The third-order valence-corrected chi connectivity index (χ3v) is 4.82. The number of nitrogens with two attached hydrogens (primary N) is 1. The topological polar surface area (TPSA) is 143 Å². The first-order valence-electron chi connectivity index (χ1n) is 8.98. The van der Waals surface area contributed by atoms with Crippen LogP contribution in [-0.2, 0) is 0 Å². The number of ether oxygens (including phenoxy) is 4. The van der Waals surface area contributed by atoms with E-state index < -0.39 is 4.92 Å². The fraction of sp³-hybridized carbons (Fsp3) is 0.143. The Morgan fingerprint density at radius 3 is 2.48 bits per heavy atom. The number of nitro groups is 1. The van der Waals surface area contributed by atoms with E-state index in [-0.39, 0.29) is 40.7 Å². The molecule has 10 nitrogen and oxygen atoms in total. The van der Waals surface area contributed by atoms with E-state index in [4.69, 9.17) is 24.7 Å². The molecule has 1 aliphatic rings. The van der Waals surface area contributed by atoms with Crippen molar-refractivity contribution in [1.82, 2.24) is 4.98 Å². The van der Waals surface area contributed by atoms with E-state index >= 15 is 0 Å². The van der Waals surface area contributed by atoms with Gasteiger partial charge >= 0.3 is 0 Å². The molecule has 0 unspecified atom stereocenters. The molecule has 2 aromatic carbocycles. The maximum atomic E-state index is 11.8. The number of nitriles is 1. The average molecular weight is 420 g/mol. The van der Waals surface area contributed by atoms with E-state index in [0.29, 0.717) is 28.5 Å². The van der Waals surface area contributed by atoms with Crippen LogP contribution in [0.1, 0.15) is 5.56 Å². The Balaban J connectivity index is 2.01. The number of nitro benzene ring substituents is 1. The molecule has 0 saturated carbocycles. The Kier molecular flexibility index (Phi) is 4.92. The lowest BCUT2D eigenvalue weighted by atomic mass is 9.96. The summed E-state index contributed by atoms with van der Waals surface area (Å²) >= 11 is 0. The predicted octanol–water partition coefficient (Wildman–Crippen LogP) is 3.52. The van der Waals surface area contributed by atoms with Gasteiger partial charge < -0.3 is 24.7 Å². The Morgan fingerprint density at radius 1 is 1.10 bits per heavy atom. The molecule has 156 valence electrons. The van der Waals surface area contributed by atoms with Crippen LogP contribution in [0.3, 0.4) is 0 Å². The van der Waals surface area contributed by atoms with Crippen LogP contribution in [0, 0.1) is 21.4 Å². The Hall–Kier alpha value is -4.52. The summed E-state index contributed by atoms with van der Waals surface area (Å²) in [6.45, 7) is -0.0498. The quantitative estimate of drug-likeness (QED) is 0.484. The van der Waals surface area contributed by atoms with Gasteiger partial charge in [-0.1, -0.05) is 0 Å². The second kappa shape index (κ2) is 7.72. The van der Waals surface area contributed by atoms with Crippen LogP contribution in [-0.4, -0.2) is 30.9 Å². The SMILES string of the molecule is COc1ccc(OC)c(-c2cc(-c3cc4c(cc3[N+](=O)[O-])OCO4)c(C#N)c(N)n2)c1. The second-order valence-electron chi connectivity index (χ2n) is 6.47. The minimum atomic E-state index is -0.555. The van der Waals surface area contributed by atoms with Crippen LogP contribution >= 0.6 is 0 Å². The molecular formula is C21H16N4O6. The number of pyridine rings is 1. The number of nitrogens with zero attached hydrogens (tertiary/aromatic N) is 3. The maximum absolute atomic E-state index is 11.8. The molecule has 0 amide bonds. The molecule has 3 aromatic rings. The molecule has 0 saturated heterocycles. The van der Waals surface area contributed by atoms with Gasteiger partial charge in [0.25, 0.3) is 5.69 Å². The van der Waals surface area contributed by atoms with Crippen molar-refractivity contribution in [3.05, 3.63) is 52.1 Å². The molecule has 2 heterocycles. The van der Waals surface area contributed by atoms with Crippen molar-refractivity contribution < 1.29 is 23.9 Å². The molecule has 1 aromatic heterocycles. The molecule has 0 atom stereocenters. The van der Waals surface area contributed by atoms with Crippen LogP contribution in [0.2, 0.25) is 0 Å². The molecule has 1 aliphatic heterocycles. The van der Waals surface area contributed by atoms with E-state index in [1.807, 2.05) is 6.07 Å². The third-order valence-electron chi connectivity index (χ3n) is 4.82. The molecule has 31 heavy (non-hydrogen) atoms. The fourth-order valence-electron chi connectivity index (χ4n) is 3.34. The van der Waals surface area contributed by atoms with Gasteiger partial charge in [-0.3, -0.25) is 10.1 Å². The number of hydrogen-bond acceptors (Lipinski definition) is 9. The van der Waals surface area contributed by atoms with E-state index in [2.05, 4.69) is 4.98 Å². The van der Waals surface area contributed by atoms with Crippen molar-refractivity contribution in [1.29, 1.82) is 5.26 Å². The van der Waals surface area contributed by atoms with Gasteiger partial charge in [0.15, 0.2) is 11.5 Å². The highest BCUT2D eigenvalue weighted by molar-refractivity contribution is 5.87. The van der Waals surface area contributed by atoms with Gasteiger partial charge in [-0.05, 0) is 30.3 Å². The van der Waals surface area contributed by atoms with Crippen LogP contribution in [0.5, 0.6) is 23.0 Å². The predicted molar refractivity (Wildman–Crippen MR) is 110 cm³/mol. The van der Waals surface area contributed by atoms with Crippen LogP contribution < -0.4 is 24.7 Å². The maximum Gasteiger partial charge on any atom is 0.281 e. The smallest absolute Gasteiger partial charge is 0.281 e. The number of nitrogen functional groups attached to an aromatic ring is 1. The van der Waals surface area contributed by atoms with Crippen LogP contribution in [0.4, 0.5) is 11.5 Å². The van der Waals surface area contributed by atoms with Gasteiger partial charge in [-0.2, -0.15) is 5.26 Å². The summed E-state index contributed by atoms with van der Waals surface area (Å²) in [6, 6.07) is 11.4. The molecule has 10 heteroatoms. The summed E-state index contributed by atoms with van der Waals surface area (Å²) in [5.74, 6) is 1.55. The lowest BCUT2D eigenvalue weighted by Gasteiger charge is -2.14. The number of hydrogen-bond donors (Lipinski definition) is 1. The van der Waals surface area contributed by atoms with Crippen molar-refractivity contribution in [2.45, 2.75) is 0 Å². The number of anilines is 1. The molecule has 0 aliphatic carbocycles. The van der Waals surface area contributed by atoms with Gasteiger partial charge in [0.1, 0.15) is 28.9 Å². The van der Waals surface area contributed by atoms with E-state index in [9.17, 15) is 15.4 Å². The Bertz CT molecular complexity index is 1250. The fourth-order valence-corrected chi connectivity index (χ4v) is 3.34. The summed E-state index contributed by atoms with van der Waals surface area (Å²) in [7, 11) is 3.02. The number of benzene rings is 2. The van der Waals surface area contributed by atoms with Crippen molar-refractivity contribution in [3.63, 3.8) is 0 Å². The minimum absolute atomic E-state index is 0.00702. The van der Waals surface area contributed by atoms with Gasteiger partial charge in [0.2, 0.25) is 6.79 Å². The first kappa shape index (κ1) is 19.8. The summed E-state index contributed by atoms with van der Waals surface area (Å²) in [5.41, 5.74) is 7.12. The number of fused-ring (bicyclic) bond motifs is 1. The molecule has 0 bridgehead atoms.